The van der Waals surface area contributed by atoms with Crippen LogP contribution in [-0.4, -0.2) is 89.2 Å². The number of anilines is 2. The Labute approximate surface area is 296 Å². The van der Waals surface area contributed by atoms with Crippen LogP contribution in [0.25, 0.3) is 10.9 Å². The number of ether oxygens (including phenoxy) is 1. The Hall–Kier alpha value is -3.67. The lowest BCUT2D eigenvalue weighted by Gasteiger charge is -2.37. The second-order valence-electron chi connectivity index (χ2n) is 14.2. The number of rotatable bonds is 6. The number of amides is 1. The second kappa shape index (κ2) is 12.8. The maximum atomic E-state index is 17.3. The summed E-state index contributed by atoms with van der Waals surface area (Å²) in [6.07, 6.45) is 4.08. The summed E-state index contributed by atoms with van der Waals surface area (Å²) in [4.78, 5) is 26.8. The van der Waals surface area contributed by atoms with Gasteiger partial charge in [-0.15, -0.1) is 11.3 Å². The molecule has 266 valence electrons. The van der Waals surface area contributed by atoms with Crippen LogP contribution < -0.4 is 15.4 Å². The van der Waals surface area contributed by atoms with Crippen LogP contribution in [0.2, 0.25) is 5.02 Å². The van der Waals surface area contributed by atoms with E-state index in [1.54, 1.807) is 0 Å². The van der Waals surface area contributed by atoms with Crippen LogP contribution in [0, 0.1) is 17.1 Å². The Morgan fingerprint density at radius 2 is 2.02 bits per heavy atom. The Morgan fingerprint density at radius 3 is 2.78 bits per heavy atom. The van der Waals surface area contributed by atoms with E-state index in [2.05, 4.69) is 27.5 Å². The highest BCUT2D eigenvalue weighted by Gasteiger charge is 2.50. The molecule has 50 heavy (non-hydrogen) atoms. The molecule has 0 spiro atoms. The molecule has 9 nitrogen and oxygen atoms in total. The van der Waals surface area contributed by atoms with Crippen molar-refractivity contribution in [2.45, 2.75) is 74.9 Å². The first-order valence-electron chi connectivity index (χ1n) is 16.9. The van der Waals surface area contributed by atoms with Gasteiger partial charge in [0.05, 0.1) is 24.2 Å². The zero-order valence-electron chi connectivity index (χ0n) is 27.7. The van der Waals surface area contributed by atoms with Crippen molar-refractivity contribution in [3.05, 3.63) is 51.1 Å². The average molecular weight is 732 g/mol. The summed E-state index contributed by atoms with van der Waals surface area (Å²) in [5, 5.41) is 10.6. The zero-order valence-corrected chi connectivity index (χ0v) is 29.3. The van der Waals surface area contributed by atoms with Crippen molar-refractivity contribution in [3.8, 4) is 12.1 Å². The average Bonchev–Trinajstić information content (AvgIpc) is 3.70. The van der Waals surface area contributed by atoms with E-state index in [0.29, 0.717) is 54.8 Å². The van der Waals surface area contributed by atoms with Gasteiger partial charge in [0.25, 0.3) is 5.92 Å². The third kappa shape index (κ3) is 5.84. The number of thiophene rings is 1. The number of hydrogen-bond acceptors (Lipinski definition) is 9. The largest absolute Gasteiger partial charge is 0.461 e. The molecule has 5 heterocycles. The van der Waals surface area contributed by atoms with Gasteiger partial charge in [0.1, 0.15) is 35.2 Å². The number of hydrogen-bond donors (Lipinski definition) is 1. The highest BCUT2D eigenvalue weighted by atomic mass is 35.5. The fourth-order valence-electron chi connectivity index (χ4n) is 8.68. The third-order valence-electron chi connectivity index (χ3n) is 10.9. The van der Waals surface area contributed by atoms with Crippen LogP contribution in [0.1, 0.15) is 67.0 Å². The molecule has 0 saturated carbocycles. The number of alkyl halides is 3. The van der Waals surface area contributed by atoms with Gasteiger partial charge in [-0.25, -0.2) is 17.6 Å². The molecule has 3 aromatic rings. The summed E-state index contributed by atoms with van der Waals surface area (Å²) < 4.78 is 69.2. The molecule has 1 unspecified atom stereocenters. The second-order valence-corrected chi connectivity index (χ2v) is 15.7. The molecule has 3 aliphatic heterocycles. The highest BCUT2D eigenvalue weighted by molar-refractivity contribution is 7.16. The lowest BCUT2D eigenvalue weighted by atomic mass is 9.68. The summed E-state index contributed by atoms with van der Waals surface area (Å²) in [6.45, 7) is 4.82. The summed E-state index contributed by atoms with van der Waals surface area (Å²) in [5.41, 5.74) is 5.55. The first kappa shape index (κ1) is 34.8. The number of carbonyl (C=O) groups is 1. The first-order valence-corrected chi connectivity index (χ1v) is 18.1. The molecule has 0 radical (unpaired) electrons. The van der Waals surface area contributed by atoms with Gasteiger partial charge in [-0.3, -0.25) is 9.69 Å². The topological polar surface area (TPSA) is 112 Å². The fraction of sp³-hybridized carbons (Fsp3) is 0.543. The molecule has 7 rings (SSSR count). The number of benzene rings is 1. The van der Waals surface area contributed by atoms with Gasteiger partial charge in [-0.05, 0) is 62.8 Å². The predicted octanol–water partition coefficient (Wildman–Crippen LogP) is 6.40. The van der Waals surface area contributed by atoms with E-state index in [0.717, 1.165) is 28.8 Å². The predicted molar refractivity (Wildman–Crippen MR) is 184 cm³/mol. The number of fused-ring (bicyclic) bond motifs is 3. The molecule has 3 fully saturated rings. The summed E-state index contributed by atoms with van der Waals surface area (Å²) in [5.74, 6) is -4.70. The van der Waals surface area contributed by atoms with Crippen molar-refractivity contribution >= 4 is 50.6 Å². The van der Waals surface area contributed by atoms with E-state index < -0.39 is 47.9 Å². The molecule has 15 heteroatoms. The van der Waals surface area contributed by atoms with E-state index >= 15 is 13.2 Å². The lowest BCUT2D eigenvalue weighted by molar-refractivity contribution is -0.131. The van der Waals surface area contributed by atoms with Crippen molar-refractivity contribution < 1.29 is 27.1 Å². The number of aryl methyl sites for hydroxylation is 1. The molecule has 0 bridgehead atoms. The van der Waals surface area contributed by atoms with E-state index in [9.17, 15) is 14.4 Å². The minimum atomic E-state index is -3.36. The van der Waals surface area contributed by atoms with Gasteiger partial charge in [-0.1, -0.05) is 25.1 Å². The molecule has 2 aromatic heterocycles. The number of nitrogens with two attached hydrogens (primary N) is 1. The summed E-state index contributed by atoms with van der Waals surface area (Å²) in [6, 6.07) is 3.48. The molecule has 1 aromatic carbocycles. The van der Waals surface area contributed by atoms with Crippen LogP contribution in [0.4, 0.5) is 28.4 Å². The van der Waals surface area contributed by atoms with Crippen LogP contribution in [0.3, 0.4) is 0 Å². The SMILES string of the molecule is C=CC(=O)N1CCCN(c2nc(OC[C@@]34CCCN3C[C@H](F)C4)nc3c(F)c(C4(C)CCCc5sc(N)c(C#N)c54)c(Cl)cc23)CC(F)(F)C1. The van der Waals surface area contributed by atoms with Crippen LogP contribution in [0.5, 0.6) is 6.01 Å². The third-order valence-corrected chi connectivity index (χ3v) is 12.2. The van der Waals surface area contributed by atoms with Gasteiger partial charge in [0.15, 0.2) is 5.82 Å². The minimum absolute atomic E-state index is 0.0167. The first-order chi connectivity index (χ1) is 23.8. The number of nitriles is 1. The molecular formula is C35H38ClF4N7O2S. The Kier molecular flexibility index (Phi) is 8.92. The van der Waals surface area contributed by atoms with Crippen molar-refractivity contribution in [2.75, 3.05) is 56.5 Å². The molecular weight excluding hydrogens is 694 g/mol. The normalized spacial score (nSPS) is 26.6. The van der Waals surface area contributed by atoms with Crippen LogP contribution in [0.15, 0.2) is 18.7 Å². The Balaban J connectivity index is 1.36. The van der Waals surface area contributed by atoms with Crippen molar-refractivity contribution in [2.24, 2.45) is 0 Å². The number of nitrogen functional groups attached to an aromatic ring is 1. The molecule has 3 saturated heterocycles. The van der Waals surface area contributed by atoms with Crippen molar-refractivity contribution in [3.63, 3.8) is 0 Å². The fourth-order valence-corrected chi connectivity index (χ4v) is 10.3. The molecule has 4 aliphatic rings. The lowest BCUT2D eigenvalue weighted by Crippen LogP contribution is -2.50. The van der Waals surface area contributed by atoms with Crippen LogP contribution in [-0.2, 0) is 16.6 Å². The Bertz CT molecular complexity index is 1920. The zero-order chi connectivity index (χ0) is 35.6. The molecule has 1 aliphatic carbocycles. The smallest absolute Gasteiger partial charge is 0.319 e. The number of nitrogens with zero attached hydrogens (tertiary/aromatic N) is 6. The van der Waals surface area contributed by atoms with E-state index in [-0.39, 0.29) is 59.4 Å². The number of carbonyl (C=O) groups excluding carboxylic acids is 1. The maximum absolute atomic E-state index is 17.3. The van der Waals surface area contributed by atoms with Crippen molar-refractivity contribution in [1.29, 1.82) is 5.26 Å². The monoisotopic (exact) mass is 731 g/mol. The van der Waals surface area contributed by atoms with Crippen molar-refractivity contribution in [1.82, 2.24) is 19.8 Å². The maximum Gasteiger partial charge on any atom is 0.319 e. The Morgan fingerprint density at radius 1 is 1.22 bits per heavy atom. The van der Waals surface area contributed by atoms with E-state index in [1.165, 1.54) is 22.3 Å². The molecule has 1 amide bonds. The standard InChI is InChI=1S/C35H38ClF4N7O2S/c1-3-25(48)45-10-6-11-46(18-35(39,40)17-45)31-21-13-23(36)27(33(2)8-4-7-24-26(33)22(15-41)30(42)50-24)28(38)29(21)43-32(44-31)49-19-34-9-5-12-47(34)16-20(37)14-34/h3,13,20H,1,4-12,14,16-19,42H2,2H3/t20-,33?,34+/m1/s1. The molecule has 3 atom stereocenters. The molecule has 2 N–H and O–H groups in total. The number of halogens is 5. The van der Waals surface area contributed by atoms with Gasteiger partial charge in [0, 0.05) is 52.3 Å². The van der Waals surface area contributed by atoms with Gasteiger partial charge < -0.3 is 20.3 Å². The minimum Gasteiger partial charge on any atom is -0.461 e. The van der Waals surface area contributed by atoms with Gasteiger partial charge in [0.2, 0.25) is 5.91 Å². The van der Waals surface area contributed by atoms with Crippen LogP contribution >= 0.6 is 22.9 Å². The summed E-state index contributed by atoms with van der Waals surface area (Å²) >= 11 is 8.27. The van der Waals surface area contributed by atoms with E-state index in [1.807, 2.05) is 6.92 Å². The quantitative estimate of drug-likeness (QED) is 0.229. The summed E-state index contributed by atoms with van der Waals surface area (Å²) in [7, 11) is 0. The number of aromatic nitrogens is 2. The van der Waals surface area contributed by atoms with Gasteiger partial charge in [-0.2, -0.15) is 15.2 Å². The van der Waals surface area contributed by atoms with E-state index in [4.69, 9.17) is 22.1 Å². The highest BCUT2D eigenvalue weighted by Crippen LogP contribution is 2.52. The van der Waals surface area contributed by atoms with Gasteiger partial charge >= 0.3 is 6.01 Å².